The van der Waals surface area contributed by atoms with Crippen molar-refractivity contribution in [3.8, 4) is 0 Å². The maximum Gasteiger partial charge on any atom is 0.276 e. The van der Waals surface area contributed by atoms with Crippen LogP contribution in [0.5, 0.6) is 0 Å². The molecule has 1 aromatic carbocycles. The van der Waals surface area contributed by atoms with Crippen molar-refractivity contribution in [2.75, 3.05) is 32.7 Å². The van der Waals surface area contributed by atoms with E-state index in [4.69, 9.17) is 0 Å². The molecule has 1 aromatic rings. The number of piperazine rings is 1. The van der Waals surface area contributed by atoms with Crippen molar-refractivity contribution < 1.29 is 9.72 Å². The Morgan fingerprint density at radius 3 is 2.50 bits per heavy atom. The van der Waals surface area contributed by atoms with Crippen molar-refractivity contribution in [2.45, 2.75) is 32.1 Å². The highest BCUT2D eigenvalue weighted by Crippen LogP contribution is 2.25. The molecule has 1 heterocycles. The molecule has 2 aliphatic rings. The molecular weight excluding hydrogens is 330 g/mol. The Morgan fingerprint density at radius 1 is 1.12 bits per heavy atom. The maximum absolute atomic E-state index is 12.4. The summed E-state index contributed by atoms with van der Waals surface area (Å²) in [5.41, 5.74) is 0.482. The second-order valence-electron chi connectivity index (χ2n) is 7.28. The third-order valence-electron chi connectivity index (χ3n) is 5.46. The van der Waals surface area contributed by atoms with E-state index in [-0.39, 0.29) is 11.6 Å². The zero-order valence-electron chi connectivity index (χ0n) is 15.2. The van der Waals surface area contributed by atoms with Crippen molar-refractivity contribution in [1.29, 1.82) is 0 Å². The van der Waals surface area contributed by atoms with Gasteiger partial charge >= 0.3 is 0 Å². The standard InChI is InChI=1S/C20H27N3O3/c24-20(11-10-18-8-4-5-9-19(18)23(25)26)22-14-12-21(13-15-22)16-17-6-2-1-3-7-17/h4-5,8-11,17H,1-3,6-7,12-16H2/b11-10+. The molecule has 1 amide bonds. The molecule has 6 heteroatoms. The van der Waals surface area contributed by atoms with Crippen molar-refractivity contribution >= 4 is 17.7 Å². The van der Waals surface area contributed by atoms with Crippen LogP contribution in [0.4, 0.5) is 5.69 Å². The highest BCUT2D eigenvalue weighted by molar-refractivity contribution is 5.92. The number of benzene rings is 1. The predicted molar refractivity (Wildman–Crippen MR) is 102 cm³/mol. The van der Waals surface area contributed by atoms with Crippen LogP contribution in [0.25, 0.3) is 6.08 Å². The van der Waals surface area contributed by atoms with E-state index < -0.39 is 4.92 Å². The normalized spacial score (nSPS) is 19.8. The molecule has 0 N–H and O–H groups in total. The van der Waals surface area contributed by atoms with Crippen LogP contribution in [0.1, 0.15) is 37.7 Å². The van der Waals surface area contributed by atoms with Gasteiger partial charge in [-0.2, -0.15) is 0 Å². The maximum atomic E-state index is 12.4. The van der Waals surface area contributed by atoms with Crippen LogP contribution in [0.3, 0.4) is 0 Å². The molecule has 3 rings (SSSR count). The fourth-order valence-electron chi connectivity index (χ4n) is 3.95. The van der Waals surface area contributed by atoms with Gasteiger partial charge in [-0.1, -0.05) is 31.4 Å². The van der Waals surface area contributed by atoms with E-state index in [0.717, 1.165) is 38.6 Å². The zero-order valence-corrected chi connectivity index (χ0v) is 15.2. The average molecular weight is 357 g/mol. The second kappa shape index (κ2) is 8.94. The van der Waals surface area contributed by atoms with E-state index in [0.29, 0.717) is 5.56 Å². The van der Waals surface area contributed by atoms with Crippen molar-refractivity contribution in [2.24, 2.45) is 5.92 Å². The van der Waals surface area contributed by atoms with E-state index in [1.807, 2.05) is 4.90 Å². The van der Waals surface area contributed by atoms with Crippen LogP contribution < -0.4 is 0 Å². The Hall–Kier alpha value is -2.21. The summed E-state index contributed by atoms with van der Waals surface area (Å²) in [6, 6.07) is 6.47. The van der Waals surface area contributed by atoms with Gasteiger partial charge in [0.15, 0.2) is 0 Å². The topological polar surface area (TPSA) is 66.7 Å². The molecule has 1 aliphatic heterocycles. The number of carbonyl (C=O) groups is 1. The number of nitro groups is 1. The van der Waals surface area contributed by atoms with Gasteiger partial charge in [-0.05, 0) is 30.9 Å². The van der Waals surface area contributed by atoms with Crippen molar-refractivity contribution in [1.82, 2.24) is 9.80 Å². The lowest BCUT2D eigenvalue weighted by Crippen LogP contribution is -2.49. The fourth-order valence-corrected chi connectivity index (χ4v) is 3.95. The summed E-state index contributed by atoms with van der Waals surface area (Å²) in [6.07, 6.45) is 9.80. The molecular formula is C20H27N3O3. The Labute approximate surface area is 154 Å². The minimum absolute atomic E-state index is 0.0221. The summed E-state index contributed by atoms with van der Waals surface area (Å²) in [4.78, 5) is 27.3. The molecule has 1 aliphatic carbocycles. The molecule has 0 unspecified atom stereocenters. The Morgan fingerprint density at radius 2 is 1.81 bits per heavy atom. The van der Waals surface area contributed by atoms with Gasteiger partial charge in [-0.25, -0.2) is 0 Å². The average Bonchev–Trinajstić information content (AvgIpc) is 2.67. The lowest BCUT2D eigenvalue weighted by molar-refractivity contribution is -0.385. The molecule has 1 saturated heterocycles. The van der Waals surface area contributed by atoms with E-state index in [2.05, 4.69) is 4.90 Å². The molecule has 1 saturated carbocycles. The zero-order chi connectivity index (χ0) is 18.4. The van der Waals surface area contributed by atoms with E-state index in [9.17, 15) is 14.9 Å². The van der Waals surface area contributed by atoms with Gasteiger partial charge in [0.25, 0.3) is 5.69 Å². The van der Waals surface area contributed by atoms with Gasteiger partial charge in [0.05, 0.1) is 10.5 Å². The number of nitro benzene ring substituents is 1. The minimum atomic E-state index is -0.422. The quantitative estimate of drug-likeness (QED) is 0.460. The summed E-state index contributed by atoms with van der Waals surface area (Å²) in [5.74, 6) is 0.755. The molecule has 2 fully saturated rings. The highest BCUT2D eigenvalue weighted by atomic mass is 16.6. The first kappa shape index (κ1) is 18.6. The molecule has 0 atom stereocenters. The van der Waals surface area contributed by atoms with Crippen LogP contribution in [-0.4, -0.2) is 53.4 Å². The summed E-state index contributed by atoms with van der Waals surface area (Å²) in [5, 5.41) is 11.0. The predicted octanol–water partition coefficient (Wildman–Crippen LogP) is 3.33. The summed E-state index contributed by atoms with van der Waals surface area (Å²) < 4.78 is 0. The van der Waals surface area contributed by atoms with Crippen molar-refractivity contribution in [3.63, 3.8) is 0 Å². The Kier molecular flexibility index (Phi) is 6.39. The number of para-hydroxylation sites is 1. The molecule has 0 spiro atoms. The molecule has 26 heavy (non-hydrogen) atoms. The third kappa shape index (κ3) is 4.91. The third-order valence-corrected chi connectivity index (χ3v) is 5.46. The Bertz CT molecular complexity index is 660. The molecule has 0 radical (unpaired) electrons. The smallest absolute Gasteiger partial charge is 0.276 e. The number of hydrogen-bond acceptors (Lipinski definition) is 4. The number of carbonyl (C=O) groups excluding carboxylic acids is 1. The van der Waals surface area contributed by atoms with Gasteiger partial charge in [-0.3, -0.25) is 19.8 Å². The van der Waals surface area contributed by atoms with Crippen LogP contribution in [0.15, 0.2) is 30.3 Å². The number of nitrogens with zero attached hydrogens (tertiary/aromatic N) is 3. The van der Waals surface area contributed by atoms with Gasteiger partial charge in [0.1, 0.15) is 0 Å². The lowest BCUT2D eigenvalue weighted by Gasteiger charge is -2.36. The molecule has 140 valence electrons. The lowest BCUT2D eigenvalue weighted by atomic mass is 9.89. The SMILES string of the molecule is O=C(/C=C/c1ccccc1[N+](=O)[O-])N1CCN(CC2CCCCC2)CC1. The number of rotatable bonds is 5. The summed E-state index contributed by atoms with van der Waals surface area (Å²) in [7, 11) is 0. The first-order chi connectivity index (χ1) is 12.6. The van der Waals surface area contributed by atoms with Crippen LogP contribution in [0, 0.1) is 16.0 Å². The van der Waals surface area contributed by atoms with E-state index in [1.54, 1.807) is 24.3 Å². The fraction of sp³-hybridized carbons (Fsp3) is 0.550. The number of amides is 1. The molecule has 0 aromatic heterocycles. The monoisotopic (exact) mass is 357 g/mol. The van der Waals surface area contributed by atoms with Crippen LogP contribution in [0.2, 0.25) is 0 Å². The van der Waals surface area contributed by atoms with E-state index >= 15 is 0 Å². The van der Waals surface area contributed by atoms with Crippen molar-refractivity contribution in [3.05, 3.63) is 46.0 Å². The summed E-state index contributed by atoms with van der Waals surface area (Å²) in [6.45, 7) is 4.46. The first-order valence-corrected chi connectivity index (χ1v) is 9.56. The number of hydrogen-bond donors (Lipinski definition) is 0. The van der Waals surface area contributed by atoms with Crippen LogP contribution in [-0.2, 0) is 4.79 Å². The highest BCUT2D eigenvalue weighted by Gasteiger charge is 2.23. The van der Waals surface area contributed by atoms with Gasteiger partial charge in [0, 0.05) is 44.9 Å². The Balaban J connectivity index is 1.50. The largest absolute Gasteiger partial charge is 0.337 e. The van der Waals surface area contributed by atoms with Gasteiger partial charge in [-0.15, -0.1) is 0 Å². The first-order valence-electron chi connectivity index (χ1n) is 9.56. The van der Waals surface area contributed by atoms with Gasteiger partial charge in [0.2, 0.25) is 5.91 Å². The van der Waals surface area contributed by atoms with Gasteiger partial charge < -0.3 is 4.90 Å². The second-order valence-corrected chi connectivity index (χ2v) is 7.28. The van der Waals surface area contributed by atoms with E-state index in [1.165, 1.54) is 44.2 Å². The minimum Gasteiger partial charge on any atom is -0.337 e. The van der Waals surface area contributed by atoms with Crippen LogP contribution >= 0.6 is 0 Å². The summed E-state index contributed by atoms with van der Waals surface area (Å²) >= 11 is 0. The molecule has 6 nitrogen and oxygen atoms in total. The molecule has 0 bridgehead atoms.